The van der Waals surface area contributed by atoms with Gasteiger partial charge >= 0.3 is 6.18 Å². The van der Waals surface area contributed by atoms with Gasteiger partial charge in [-0.2, -0.15) is 13.2 Å². The van der Waals surface area contributed by atoms with Crippen molar-refractivity contribution >= 4 is 17.1 Å². The highest BCUT2D eigenvalue weighted by molar-refractivity contribution is 6.06. The predicted octanol–water partition coefficient (Wildman–Crippen LogP) is 3.74. The van der Waals surface area contributed by atoms with Crippen LogP contribution in [0.5, 0.6) is 5.75 Å². The molecule has 152 valence electrons. The molecule has 0 radical (unpaired) electrons. The molecule has 9 heteroatoms. The van der Waals surface area contributed by atoms with Gasteiger partial charge in [0.15, 0.2) is 5.65 Å². The highest BCUT2D eigenvalue weighted by atomic mass is 19.4. The molecule has 29 heavy (non-hydrogen) atoms. The Morgan fingerprint density at radius 2 is 1.90 bits per heavy atom. The van der Waals surface area contributed by atoms with Gasteiger partial charge in [0.1, 0.15) is 16.7 Å². The molecular weight excluding hydrogens is 385 g/mol. The standard InChI is InChI=1S/C20H19F3N4O2/c1-9-4-5-12(28)10(2)16(9)27-11(3)14(17(24)29)15-18(27)25-8-13(26-15)19(6-7-19)20(21,22)23/h4-5,8,28H,6-7H2,1-3H3,(H2,24,29). The molecular formula is C20H19F3N4O2. The van der Waals surface area contributed by atoms with Crippen LogP contribution < -0.4 is 5.73 Å². The number of fused-ring (bicyclic) bond motifs is 1. The molecule has 0 unspecified atom stereocenters. The van der Waals surface area contributed by atoms with Crippen LogP contribution in [0.25, 0.3) is 16.9 Å². The Balaban J connectivity index is 2.06. The zero-order valence-corrected chi connectivity index (χ0v) is 16.1. The highest BCUT2D eigenvalue weighted by Crippen LogP contribution is 2.58. The minimum atomic E-state index is -4.45. The van der Waals surface area contributed by atoms with Gasteiger partial charge in [-0.25, -0.2) is 9.97 Å². The topological polar surface area (TPSA) is 94.0 Å². The first-order valence-electron chi connectivity index (χ1n) is 9.04. The van der Waals surface area contributed by atoms with Crippen LogP contribution in [0.15, 0.2) is 18.3 Å². The second-order valence-corrected chi connectivity index (χ2v) is 7.54. The van der Waals surface area contributed by atoms with E-state index in [1.54, 1.807) is 30.5 Å². The monoisotopic (exact) mass is 404 g/mol. The number of amides is 1. The average molecular weight is 404 g/mol. The number of phenols is 1. The SMILES string of the molecule is Cc1ccc(O)c(C)c1-n1c(C)c(C(N)=O)c2nc(C3(C(F)(F)F)CC3)cnc21. The highest BCUT2D eigenvalue weighted by Gasteiger charge is 2.65. The predicted molar refractivity (Wildman–Crippen MR) is 100 cm³/mol. The Bertz CT molecular complexity index is 1180. The van der Waals surface area contributed by atoms with E-state index in [0.717, 1.165) is 11.8 Å². The zero-order valence-electron chi connectivity index (χ0n) is 16.1. The van der Waals surface area contributed by atoms with Crippen molar-refractivity contribution in [1.82, 2.24) is 14.5 Å². The second kappa shape index (κ2) is 5.95. The first-order chi connectivity index (χ1) is 13.5. The molecule has 2 aromatic heterocycles. The number of alkyl halides is 3. The number of phenolic OH excluding ortho intramolecular Hbond substituents is 1. The smallest absolute Gasteiger partial charge is 0.400 e. The normalized spacial score (nSPS) is 15.7. The number of aromatic hydroxyl groups is 1. The summed E-state index contributed by atoms with van der Waals surface area (Å²) >= 11 is 0. The maximum Gasteiger partial charge on any atom is 0.400 e. The van der Waals surface area contributed by atoms with Gasteiger partial charge < -0.3 is 10.8 Å². The van der Waals surface area contributed by atoms with Gasteiger partial charge in [0.2, 0.25) is 0 Å². The van der Waals surface area contributed by atoms with E-state index in [1.165, 1.54) is 0 Å². The van der Waals surface area contributed by atoms with E-state index in [4.69, 9.17) is 5.73 Å². The fourth-order valence-corrected chi connectivity index (χ4v) is 3.93. The van der Waals surface area contributed by atoms with Gasteiger partial charge in [-0.1, -0.05) is 6.07 Å². The number of aromatic nitrogens is 3. The quantitative estimate of drug-likeness (QED) is 0.695. The number of carbonyl (C=O) groups is 1. The Kier molecular flexibility index (Phi) is 3.94. The van der Waals surface area contributed by atoms with Crippen LogP contribution in [-0.4, -0.2) is 31.7 Å². The number of benzene rings is 1. The summed E-state index contributed by atoms with van der Waals surface area (Å²) < 4.78 is 42.3. The molecule has 0 atom stereocenters. The maximum atomic E-state index is 13.5. The summed E-state index contributed by atoms with van der Waals surface area (Å²) in [5.41, 5.74) is 5.91. The van der Waals surface area contributed by atoms with Crippen LogP contribution in [0.3, 0.4) is 0 Å². The fraction of sp³-hybridized carbons (Fsp3) is 0.350. The second-order valence-electron chi connectivity index (χ2n) is 7.54. The number of rotatable bonds is 3. The molecule has 6 nitrogen and oxygen atoms in total. The van der Waals surface area contributed by atoms with Crippen molar-refractivity contribution < 1.29 is 23.1 Å². The molecule has 1 aromatic carbocycles. The average Bonchev–Trinajstić information content (AvgIpc) is 3.39. The summed E-state index contributed by atoms with van der Waals surface area (Å²) in [6.45, 7) is 5.15. The summed E-state index contributed by atoms with van der Waals surface area (Å²) in [5.74, 6) is -0.754. The number of carbonyl (C=O) groups excluding carboxylic acids is 1. The molecule has 3 aromatic rings. The van der Waals surface area contributed by atoms with Crippen molar-refractivity contribution in [3.05, 3.63) is 46.4 Å². The van der Waals surface area contributed by atoms with Crippen LogP contribution in [0.2, 0.25) is 0 Å². The molecule has 0 saturated heterocycles. The number of aryl methyl sites for hydroxylation is 1. The number of hydrogen-bond donors (Lipinski definition) is 2. The Morgan fingerprint density at radius 1 is 1.24 bits per heavy atom. The molecule has 1 saturated carbocycles. The third kappa shape index (κ3) is 2.60. The Morgan fingerprint density at radius 3 is 2.45 bits per heavy atom. The van der Waals surface area contributed by atoms with Gasteiger partial charge in [0.05, 0.1) is 23.1 Å². The first-order valence-corrected chi connectivity index (χ1v) is 9.04. The van der Waals surface area contributed by atoms with E-state index in [-0.39, 0.29) is 41.0 Å². The molecule has 0 aliphatic heterocycles. The molecule has 1 aliphatic rings. The largest absolute Gasteiger partial charge is 0.508 e. The van der Waals surface area contributed by atoms with E-state index < -0.39 is 17.5 Å². The number of halogens is 3. The Labute approximate surface area is 164 Å². The molecule has 1 amide bonds. The van der Waals surface area contributed by atoms with Crippen molar-refractivity contribution in [2.75, 3.05) is 0 Å². The van der Waals surface area contributed by atoms with Crippen molar-refractivity contribution in [3.8, 4) is 11.4 Å². The lowest BCUT2D eigenvalue weighted by molar-refractivity contribution is -0.161. The maximum absolute atomic E-state index is 13.5. The van der Waals surface area contributed by atoms with Crippen molar-refractivity contribution in [1.29, 1.82) is 0 Å². The molecule has 4 rings (SSSR count). The van der Waals surface area contributed by atoms with E-state index in [1.807, 2.05) is 6.92 Å². The summed E-state index contributed by atoms with van der Waals surface area (Å²) in [6.07, 6.45) is -3.45. The van der Waals surface area contributed by atoms with E-state index in [9.17, 15) is 23.1 Å². The number of nitrogens with zero attached hydrogens (tertiary/aromatic N) is 3. The molecule has 2 heterocycles. The summed E-state index contributed by atoms with van der Waals surface area (Å²) in [7, 11) is 0. The lowest BCUT2D eigenvalue weighted by atomic mass is 10.0. The third-order valence-electron chi connectivity index (χ3n) is 5.76. The van der Waals surface area contributed by atoms with Gasteiger partial charge in [-0.3, -0.25) is 9.36 Å². The van der Waals surface area contributed by atoms with Crippen LogP contribution in [0, 0.1) is 20.8 Å². The molecule has 1 fully saturated rings. The van der Waals surface area contributed by atoms with Crippen LogP contribution >= 0.6 is 0 Å². The minimum Gasteiger partial charge on any atom is -0.508 e. The van der Waals surface area contributed by atoms with Gasteiger partial charge in [-0.05, 0) is 45.2 Å². The molecule has 0 bridgehead atoms. The van der Waals surface area contributed by atoms with Crippen LogP contribution in [-0.2, 0) is 5.41 Å². The van der Waals surface area contributed by atoms with E-state index >= 15 is 0 Å². The van der Waals surface area contributed by atoms with Crippen molar-refractivity contribution in [2.45, 2.75) is 45.2 Å². The Hall–Kier alpha value is -3.10. The third-order valence-corrected chi connectivity index (χ3v) is 5.76. The fourth-order valence-electron chi connectivity index (χ4n) is 3.93. The molecule has 0 spiro atoms. The first kappa shape index (κ1) is 19.2. The summed E-state index contributed by atoms with van der Waals surface area (Å²) in [5, 5.41) is 10.1. The zero-order chi connectivity index (χ0) is 21.3. The van der Waals surface area contributed by atoms with Gasteiger partial charge in [0, 0.05) is 11.3 Å². The van der Waals surface area contributed by atoms with Crippen LogP contribution in [0.4, 0.5) is 13.2 Å². The van der Waals surface area contributed by atoms with Gasteiger partial charge in [0.25, 0.3) is 5.91 Å². The molecule has 1 aliphatic carbocycles. The van der Waals surface area contributed by atoms with Gasteiger partial charge in [-0.15, -0.1) is 0 Å². The number of hydrogen-bond acceptors (Lipinski definition) is 4. The lowest BCUT2D eigenvalue weighted by Crippen LogP contribution is -2.29. The summed E-state index contributed by atoms with van der Waals surface area (Å²) in [6, 6.07) is 3.26. The lowest BCUT2D eigenvalue weighted by Gasteiger charge is -2.18. The number of primary amides is 1. The number of nitrogens with two attached hydrogens (primary N) is 1. The minimum absolute atomic E-state index is 0.0227. The van der Waals surface area contributed by atoms with Crippen molar-refractivity contribution in [3.63, 3.8) is 0 Å². The van der Waals surface area contributed by atoms with E-state index in [0.29, 0.717) is 16.9 Å². The molecule has 3 N–H and O–H groups in total. The van der Waals surface area contributed by atoms with E-state index in [2.05, 4.69) is 9.97 Å². The van der Waals surface area contributed by atoms with Crippen molar-refractivity contribution in [2.24, 2.45) is 5.73 Å². The summed E-state index contributed by atoms with van der Waals surface area (Å²) in [4.78, 5) is 20.6. The van der Waals surface area contributed by atoms with Crippen LogP contribution in [0.1, 0.15) is 45.7 Å².